The van der Waals surface area contributed by atoms with Crippen LogP contribution in [0.2, 0.25) is 0 Å². The van der Waals surface area contributed by atoms with Gasteiger partial charge in [0.1, 0.15) is 16.8 Å². The molecule has 33 nitrogen and oxygen atoms in total. The third-order valence-corrected chi connectivity index (χ3v) is 19.2. The summed E-state index contributed by atoms with van der Waals surface area (Å²) in [6, 6.07) is 0. The zero-order valence-electron chi connectivity index (χ0n) is 69.4. The number of carbonyl (C=O) groups excluding carboxylic acids is 12. The molecule has 0 aliphatic heterocycles. The Morgan fingerprint density at radius 1 is 0.294 bits per heavy atom. The van der Waals surface area contributed by atoms with E-state index in [-0.39, 0.29) is 61.4 Å². The molecule has 3 rings (SSSR count). The molecule has 0 saturated heterocycles. The summed E-state index contributed by atoms with van der Waals surface area (Å²) in [7, 11) is 0. The first-order valence-corrected chi connectivity index (χ1v) is 41.3. The zero-order valence-corrected chi connectivity index (χ0v) is 73.4. The Labute approximate surface area is 728 Å². The van der Waals surface area contributed by atoms with Crippen molar-refractivity contribution in [2.75, 3.05) is 0 Å². The third kappa shape index (κ3) is 66.2. The van der Waals surface area contributed by atoms with Gasteiger partial charge in [-0.2, -0.15) is 0 Å². The Morgan fingerprint density at radius 3 is 0.571 bits per heavy atom. The summed E-state index contributed by atoms with van der Waals surface area (Å²) < 4.78 is 0. The van der Waals surface area contributed by atoms with Gasteiger partial charge in [-0.05, 0) is 55.7 Å². The van der Waals surface area contributed by atoms with Gasteiger partial charge in [0, 0.05) is 91.4 Å². The van der Waals surface area contributed by atoms with Gasteiger partial charge in [0.2, 0.25) is 0 Å². The molecule has 0 aromatic carbocycles. The number of aliphatic hydroxyl groups is 3. The number of nitrogens with one attached hydrogen (secondary N) is 3. The summed E-state index contributed by atoms with van der Waals surface area (Å²) in [5, 5.41) is 159. The van der Waals surface area contributed by atoms with Crippen LogP contribution in [-0.4, -0.2) is 134 Å². The van der Waals surface area contributed by atoms with Gasteiger partial charge in [-0.3, -0.25) is 0 Å². The van der Waals surface area contributed by atoms with Gasteiger partial charge in [-0.15, -0.1) is 0 Å². The minimum atomic E-state index is -3.02. The van der Waals surface area contributed by atoms with Gasteiger partial charge >= 0.3 is 42.1 Å². The number of carboxylic acids is 12. The van der Waals surface area contributed by atoms with Crippen LogP contribution < -0.4 is 61.3 Å². The van der Waals surface area contributed by atoms with Crippen LogP contribution in [-0.2, 0) is 99.7 Å². The minimum Gasteiger partial charge on any atom is -0.550 e. The van der Waals surface area contributed by atoms with E-state index in [0.717, 1.165) is 76.0 Å². The maximum Gasteiger partial charge on any atom is 6.00 e. The number of H-pyrrole nitrogens is 3. The van der Waals surface area contributed by atoms with E-state index in [9.17, 15) is 134 Å². The Bertz CT molecular complexity index is 2910. The van der Waals surface area contributed by atoms with Gasteiger partial charge in [0.15, 0.2) is 0 Å². The van der Waals surface area contributed by atoms with E-state index < -0.39 is 125 Å². The molecule has 3 aromatic heterocycles. The molecular weight excluding hydrogens is 1720 g/mol. The molecule has 0 aliphatic rings. The summed E-state index contributed by atoms with van der Waals surface area (Å²) in [4.78, 5) is 148. The van der Waals surface area contributed by atoms with Crippen molar-refractivity contribution < 1.29 is 176 Å². The predicted octanol–water partition coefficient (Wildman–Crippen LogP) is 0.0481. The Morgan fingerprint density at radius 2 is 0.454 bits per heavy atom. The zero-order chi connectivity index (χ0) is 88.6. The topological polar surface area (TPSA) is 628 Å². The van der Waals surface area contributed by atoms with Crippen molar-refractivity contribution >= 4 is 89.9 Å². The molecule has 0 saturated carbocycles. The van der Waals surface area contributed by atoms with Crippen molar-refractivity contribution in [2.24, 2.45) is 17.8 Å². The standard InChI is InChI=1S/3C22H40O7.3C6H6N2O2.2Mo/c3*1-2-3-4-5-6-7-8-9-10-11-12-13-14-15-16-18(20(25)26)22(29,21(27)28)17-19(23)24;3*9-6(10)2-1-5-3-7-4-8-5;;/h3*18,29H,2-17H2,1H3,(H,23,24)(H,25,26)(H,27,28);3*1-4H,(H,7,8)(H,9,10);;/q;;;;;;2*+6/p-12. The van der Waals surface area contributed by atoms with Crippen LogP contribution in [0.15, 0.2) is 55.8 Å². The number of unbranched alkanes of at least 4 members (excludes halogenated alkanes) is 39. The van der Waals surface area contributed by atoms with E-state index in [2.05, 4.69) is 50.7 Å². The second kappa shape index (κ2) is 77.1. The average molecular weight is 1840 g/mol. The fraction of sp³-hybridized carbons (Fsp3) is 0.679. The quantitative estimate of drug-likeness (QED) is 0.0247. The van der Waals surface area contributed by atoms with Crippen LogP contribution in [0, 0.1) is 17.8 Å². The minimum absolute atomic E-state index is 0. The van der Waals surface area contributed by atoms with E-state index in [1.165, 1.54) is 211 Å². The van der Waals surface area contributed by atoms with Crippen molar-refractivity contribution in [3.05, 3.63) is 72.9 Å². The average Bonchev–Trinajstić information content (AvgIpc) is 1.21. The molecule has 0 spiro atoms. The Kier molecular flexibility index (Phi) is 77.3. The number of carbonyl (C=O) groups is 12. The SMILES string of the molecule is CCCCCCCCCCCCCCCCC(C(=O)[O-])C(O)(CC(=O)[O-])C(=O)[O-].CCCCCCCCCCCCCCCCC(C(=O)[O-])C(O)(CC(=O)[O-])C(=O)[O-].CCCCCCCCCCCCCCCCC(C(=O)[O-])C(O)(CC(=O)[O-])C(=O)[O-].O=C([O-])C=Cc1c[nH]cn1.O=C([O-])C=Cc1c[nH]cn1.O=C([O-])C=Cc1c[nH]cn1.[Mo+6].[Mo+6]. The van der Waals surface area contributed by atoms with Crippen LogP contribution in [0.4, 0.5) is 0 Å². The predicted molar refractivity (Wildman–Crippen MR) is 407 cm³/mol. The molecule has 0 amide bonds. The van der Waals surface area contributed by atoms with Gasteiger partial charge in [-0.25, -0.2) is 15.0 Å². The molecule has 6 unspecified atom stereocenters. The number of nitrogens with zero attached hydrogens (tertiary/aromatic N) is 3. The number of imidazole rings is 3. The summed E-state index contributed by atoms with van der Waals surface area (Å²) in [6.07, 6.45) is 58.1. The third-order valence-electron chi connectivity index (χ3n) is 19.2. The van der Waals surface area contributed by atoms with Gasteiger partial charge in [-0.1, -0.05) is 290 Å². The number of rotatable bonds is 66. The van der Waals surface area contributed by atoms with Crippen molar-refractivity contribution in [1.82, 2.24) is 29.9 Å². The fourth-order valence-electron chi connectivity index (χ4n) is 12.5. The molecule has 0 bridgehead atoms. The summed E-state index contributed by atoms with van der Waals surface area (Å²) in [5.74, 6) is -26.6. The second-order valence-corrected chi connectivity index (χ2v) is 29.0. The molecule has 6 N–H and O–H groups in total. The normalized spacial score (nSPS) is 13.1. The maximum absolute atomic E-state index is 11.2. The van der Waals surface area contributed by atoms with E-state index in [0.29, 0.717) is 55.6 Å². The molecule has 35 heteroatoms. The molecule has 0 aliphatic carbocycles. The van der Waals surface area contributed by atoms with Crippen LogP contribution in [0.25, 0.3) is 18.2 Å². The smallest absolute Gasteiger partial charge is 0.550 e. The monoisotopic (exact) mass is 1850 g/mol. The summed E-state index contributed by atoms with van der Waals surface area (Å²) in [6.45, 7) is 6.64. The van der Waals surface area contributed by atoms with Crippen molar-refractivity contribution in [2.45, 2.75) is 346 Å². The van der Waals surface area contributed by atoms with Crippen LogP contribution in [0.3, 0.4) is 0 Å². The van der Waals surface area contributed by atoms with Gasteiger partial charge < -0.3 is 149 Å². The Balaban J connectivity index is -0.000000459. The molecule has 119 heavy (non-hydrogen) atoms. The first-order valence-electron chi connectivity index (χ1n) is 41.3. The largest absolute Gasteiger partial charge is 6.00 e. The molecule has 666 valence electrons. The summed E-state index contributed by atoms with van der Waals surface area (Å²) in [5.41, 5.74) is -7.34. The molecule has 0 fully saturated rings. The first kappa shape index (κ1) is 119. The Hall–Kier alpha value is -8.25. The summed E-state index contributed by atoms with van der Waals surface area (Å²) >= 11 is 0. The van der Waals surface area contributed by atoms with Crippen LogP contribution >= 0.6 is 0 Å². The number of hydrogen-bond donors (Lipinski definition) is 6. The second-order valence-electron chi connectivity index (χ2n) is 29.0. The van der Waals surface area contributed by atoms with E-state index >= 15 is 0 Å². The van der Waals surface area contributed by atoms with Gasteiger partial charge in [0.05, 0.1) is 71.9 Å². The number of aromatic nitrogens is 6. The molecule has 3 heterocycles. The number of carboxylic acid groups (broad SMARTS) is 12. The molecule has 6 atom stereocenters. The van der Waals surface area contributed by atoms with Crippen LogP contribution in [0.1, 0.15) is 346 Å². The first-order chi connectivity index (χ1) is 55.6. The van der Waals surface area contributed by atoms with Gasteiger partial charge in [0.25, 0.3) is 0 Å². The molecule has 0 radical (unpaired) electrons. The number of aromatic amines is 3. The fourth-order valence-corrected chi connectivity index (χ4v) is 12.5. The molecule has 3 aromatic rings. The van der Waals surface area contributed by atoms with E-state index in [1.54, 1.807) is 18.6 Å². The maximum atomic E-state index is 11.2. The van der Waals surface area contributed by atoms with Crippen molar-refractivity contribution in [3.8, 4) is 0 Å². The van der Waals surface area contributed by atoms with Crippen molar-refractivity contribution in [1.29, 1.82) is 0 Å². The number of hydrogen-bond acceptors (Lipinski definition) is 30. The van der Waals surface area contributed by atoms with E-state index in [4.69, 9.17) is 0 Å². The molecular formula is C84H126Mo2N6O27. The van der Waals surface area contributed by atoms with E-state index in [1.807, 2.05) is 0 Å². The van der Waals surface area contributed by atoms with Crippen molar-refractivity contribution in [3.63, 3.8) is 0 Å². The number of aliphatic carboxylic acids is 12. The van der Waals surface area contributed by atoms with Crippen LogP contribution in [0.5, 0.6) is 0 Å².